The smallest absolute Gasteiger partial charge is 0.271 e. The Balaban J connectivity index is 1.33. The topological polar surface area (TPSA) is 157 Å². The molecule has 4 aliphatic rings. The zero-order valence-corrected chi connectivity index (χ0v) is 26.0. The number of rotatable bonds is 1. The number of hydrogen-bond donors (Lipinski definition) is 2. The van der Waals surface area contributed by atoms with Crippen LogP contribution in [0, 0.1) is 10.1 Å². The maximum Gasteiger partial charge on any atom is 0.271 e. The first-order valence-corrected chi connectivity index (χ1v) is 15.4. The third-order valence-corrected chi connectivity index (χ3v) is 6.63. The first-order valence-electron chi connectivity index (χ1n) is 15.4. The molecule has 3 aromatic rings. The molecule has 0 saturated carbocycles. The van der Waals surface area contributed by atoms with Crippen molar-refractivity contribution >= 4 is 17.5 Å². The highest BCUT2D eigenvalue weighted by Crippen LogP contribution is 2.20. The van der Waals surface area contributed by atoms with Crippen molar-refractivity contribution in [2.75, 3.05) is 65.9 Å². The minimum absolute atomic E-state index is 0.0239. The van der Waals surface area contributed by atoms with Gasteiger partial charge in [0.05, 0.1) is 44.4 Å². The highest BCUT2D eigenvalue weighted by molar-refractivity contribution is 6.00. The van der Waals surface area contributed by atoms with E-state index in [0.29, 0.717) is 62.6 Å². The van der Waals surface area contributed by atoms with Crippen LogP contribution in [-0.4, -0.2) is 82.7 Å². The zero-order valence-electron chi connectivity index (χ0n) is 26.0. The lowest BCUT2D eigenvalue weighted by atomic mass is 10.1. The van der Waals surface area contributed by atoms with Gasteiger partial charge in [0.2, 0.25) is 0 Å². The summed E-state index contributed by atoms with van der Waals surface area (Å²) in [6, 6.07) is 17.6. The fourth-order valence-corrected chi connectivity index (χ4v) is 4.29. The molecular formula is C34H39N3O10. The van der Waals surface area contributed by atoms with Gasteiger partial charge in [0, 0.05) is 23.3 Å². The molecule has 0 atom stereocenters. The number of carbonyl (C=O) groups excluding carboxylic acids is 2. The van der Waals surface area contributed by atoms with Crippen LogP contribution in [0.15, 0.2) is 78.9 Å². The van der Waals surface area contributed by atoms with Crippen LogP contribution in [0.4, 0.5) is 5.69 Å². The van der Waals surface area contributed by atoms with Gasteiger partial charge in [0.15, 0.2) is 0 Å². The lowest BCUT2D eigenvalue weighted by molar-refractivity contribution is -0.384. The molecule has 4 aliphatic heterocycles. The first-order chi connectivity index (χ1) is 23.0. The van der Waals surface area contributed by atoms with Crippen molar-refractivity contribution in [3.8, 4) is 23.0 Å². The second-order valence-corrected chi connectivity index (χ2v) is 10.1. The minimum Gasteiger partial charge on any atom is -0.492 e. The number of benzene rings is 3. The van der Waals surface area contributed by atoms with Crippen LogP contribution < -0.4 is 29.6 Å². The number of amides is 2. The van der Waals surface area contributed by atoms with Crippen molar-refractivity contribution in [2.24, 2.45) is 0 Å². The van der Waals surface area contributed by atoms with Crippen LogP contribution in [0.5, 0.6) is 23.0 Å². The second kappa shape index (κ2) is 19.4. The Labute approximate surface area is 272 Å². The van der Waals surface area contributed by atoms with Gasteiger partial charge in [-0.25, -0.2) is 0 Å². The van der Waals surface area contributed by atoms with Crippen molar-refractivity contribution in [3.63, 3.8) is 0 Å². The largest absolute Gasteiger partial charge is 0.492 e. The number of ether oxygens (including phenoxy) is 6. The van der Waals surface area contributed by atoms with Gasteiger partial charge in [0.25, 0.3) is 17.5 Å². The standard InChI is InChI=1S/C34H39N3O10/c38-33-26-23-27(25-28(24-26)37(40)41)34(39)36-14-18-45-30-7-11-32(12-8-30)47-22-20-43-16-4-2-1-3-15-42-19-21-46-31-9-5-29(6-10-31)44-17-13-35-33/h1-2,5-12,23-25H,3-4,13-22H2,(H,35,38)(H,36,39). The fourth-order valence-electron chi connectivity index (χ4n) is 4.29. The molecule has 0 saturated heterocycles. The molecule has 6 bridgehead atoms. The third kappa shape index (κ3) is 12.6. The van der Waals surface area contributed by atoms with Crippen molar-refractivity contribution < 1.29 is 42.9 Å². The monoisotopic (exact) mass is 649 g/mol. The summed E-state index contributed by atoms with van der Waals surface area (Å²) in [6.45, 7) is 3.49. The molecule has 0 spiro atoms. The molecule has 13 nitrogen and oxygen atoms in total. The van der Waals surface area contributed by atoms with Crippen molar-refractivity contribution in [1.82, 2.24) is 10.6 Å². The molecule has 250 valence electrons. The number of nitro benzene ring substituents is 1. The van der Waals surface area contributed by atoms with Gasteiger partial charge in [-0.1, -0.05) is 12.2 Å². The Kier molecular flexibility index (Phi) is 14.3. The molecular weight excluding hydrogens is 610 g/mol. The number of nitrogens with zero attached hydrogens (tertiary/aromatic N) is 1. The average Bonchev–Trinajstić information content (AvgIpc) is 3.09. The van der Waals surface area contributed by atoms with Crippen LogP contribution >= 0.6 is 0 Å². The van der Waals surface area contributed by atoms with Crippen LogP contribution in [0.25, 0.3) is 0 Å². The Morgan fingerprint density at radius 1 is 0.532 bits per heavy atom. The summed E-state index contributed by atoms with van der Waals surface area (Å²) < 4.78 is 34.0. The van der Waals surface area contributed by atoms with E-state index in [1.165, 1.54) is 6.07 Å². The van der Waals surface area contributed by atoms with E-state index in [1.54, 1.807) is 48.5 Å². The van der Waals surface area contributed by atoms with Gasteiger partial charge in [-0.3, -0.25) is 19.7 Å². The molecule has 47 heavy (non-hydrogen) atoms. The summed E-state index contributed by atoms with van der Waals surface area (Å²) in [6.07, 6.45) is 5.74. The number of carbonyl (C=O) groups is 2. The van der Waals surface area contributed by atoms with E-state index < -0.39 is 16.7 Å². The lowest BCUT2D eigenvalue weighted by Gasteiger charge is -2.11. The van der Waals surface area contributed by atoms with Crippen LogP contribution in [0.3, 0.4) is 0 Å². The van der Waals surface area contributed by atoms with Gasteiger partial charge < -0.3 is 39.1 Å². The summed E-state index contributed by atoms with van der Waals surface area (Å²) in [7, 11) is 0. The molecule has 0 unspecified atom stereocenters. The van der Waals surface area contributed by atoms with Crippen molar-refractivity contribution in [1.29, 1.82) is 0 Å². The summed E-state index contributed by atoms with van der Waals surface area (Å²) >= 11 is 0. The number of non-ortho nitro benzene ring substituents is 1. The van der Waals surface area contributed by atoms with Crippen LogP contribution in [-0.2, 0) is 9.47 Å². The van der Waals surface area contributed by atoms with Gasteiger partial charge >= 0.3 is 0 Å². The maximum atomic E-state index is 12.8. The van der Waals surface area contributed by atoms with Gasteiger partial charge in [-0.2, -0.15) is 0 Å². The first kappa shape index (κ1) is 34.7. The molecule has 7 rings (SSSR count). The normalized spacial score (nSPS) is 16.5. The van der Waals surface area contributed by atoms with E-state index in [-0.39, 0.29) is 43.1 Å². The van der Waals surface area contributed by atoms with Crippen LogP contribution in [0.1, 0.15) is 33.6 Å². The molecule has 0 aliphatic carbocycles. The van der Waals surface area contributed by atoms with E-state index in [9.17, 15) is 19.7 Å². The van der Waals surface area contributed by atoms with Crippen LogP contribution in [0.2, 0.25) is 0 Å². The summed E-state index contributed by atoms with van der Waals surface area (Å²) in [5.41, 5.74) is -0.429. The van der Waals surface area contributed by atoms with Gasteiger partial charge in [0.1, 0.15) is 49.4 Å². The molecule has 3 aromatic carbocycles. The number of nitrogens with one attached hydrogen (secondary N) is 2. The summed E-state index contributed by atoms with van der Waals surface area (Å²) in [5.74, 6) is 1.34. The number of hydrogen-bond acceptors (Lipinski definition) is 10. The molecule has 2 amide bonds. The van der Waals surface area contributed by atoms with E-state index in [0.717, 1.165) is 25.0 Å². The summed E-state index contributed by atoms with van der Waals surface area (Å²) in [5, 5.41) is 16.8. The van der Waals surface area contributed by atoms with Gasteiger partial charge in [-0.05, 0) is 67.4 Å². The minimum atomic E-state index is -0.656. The lowest BCUT2D eigenvalue weighted by Crippen LogP contribution is -2.30. The quantitative estimate of drug-likeness (QED) is 0.221. The Bertz CT molecular complexity index is 1360. The molecule has 0 fully saturated rings. The predicted octanol–water partition coefficient (Wildman–Crippen LogP) is 4.35. The predicted molar refractivity (Wildman–Crippen MR) is 173 cm³/mol. The Morgan fingerprint density at radius 2 is 0.915 bits per heavy atom. The molecule has 2 N–H and O–H groups in total. The third-order valence-electron chi connectivity index (χ3n) is 6.63. The highest BCUT2D eigenvalue weighted by atomic mass is 16.6. The second-order valence-electron chi connectivity index (χ2n) is 10.1. The van der Waals surface area contributed by atoms with E-state index in [1.807, 2.05) is 0 Å². The van der Waals surface area contributed by atoms with Crippen molar-refractivity contribution in [3.05, 3.63) is 100 Å². The Hall–Kier alpha value is -5.14. The Morgan fingerprint density at radius 3 is 1.30 bits per heavy atom. The molecule has 0 radical (unpaired) electrons. The molecule has 13 heteroatoms. The van der Waals surface area contributed by atoms with Gasteiger partial charge in [-0.15, -0.1) is 0 Å². The van der Waals surface area contributed by atoms with E-state index in [4.69, 9.17) is 28.4 Å². The maximum absolute atomic E-state index is 12.8. The fraction of sp³-hybridized carbons (Fsp3) is 0.353. The van der Waals surface area contributed by atoms with E-state index in [2.05, 4.69) is 22.8 Å². The highest BCUT2D eigenvalue weighted by Gasteiger charge is 2.18. The number of nitro groups is 1. The van der Waals surface area contributed by atoms with Crippen molar-refractivity contribution in [2.45, 2.75) is 12.8 Å². The molecule has 4 heterocycles. The average molecular weight is 650 g/mol. The summed E-state index contributed by atoms with van der Waals surface area (Å²) in [4.78, 5) is 36.4. The zero-order chi connectivity index (χ0) is 33.1. The molecule has 0 aromatic heterocycles. The SMILES string of the molecule is O=C1NCCOc2ccc(cc2)OCCOCCC=CCCOCCOc2ccc(cc2)OCCNC(=O)c2cc1cc([N+](=O)[O-])c2. The van der Waals surface area contributed by atoms with E-state index >= 15 is 0 Å².